The van der Waals surface area contributed by atoms with Crippen molar-refractivity contribution >= 4 is 29.2 Å². The number of halogens is 1. The second kappa shape index (κ2) is 7.36. The van der Waals surface area contributed by atoms with Gasteiger partial charge >= 0.3 is 5.97 Å². The number of carboxylic acids is 1. The second-order valence-corrected chi connectivity index (χ2v) is 6.96. The zero-order valence-corrected chi connectivity index (χ0v) is 15.2. The van der Waals surface area contributed by atoms with Crippen LogP contribution in [0.4, 0.5) is 5.69 Å². The molecule has 1 aliphatic heterocycles. The molecule has 1 saturated heterocycles. The lowest BCUT2D eigenvalue weighted by Gasteiger charge is -2.18. The Morgan fingerprint density at radius 2 is 1.85 bits per heavy atom. The van der Waals surface area contributed by atoms with E-state index >= 15 is 0 Å². The summed E-state index contributed by atoms with van der Waals surface area (Å²) in [5.41, 5.74) is 1.14. The Morgan fingerprint density at radius 1 is 1.19 bits per heavy atom. The van der Waals surface area contributed by atoms with Gasteiger partial charge in [-0.25, -0.2) is 0 Å². The number of amides is 1. The monoisotopic (exact) mass is 388 g/mol. The van der Waals surface area contributed by atoms with Crippen LogP contribution in [-0.4, -0.2) is 39.9 Å². The largest absolute Gasteiger partial charge is 0.481 e. The van der Waals surface area contributed by atoms with E-state index in [1.807, 2.05) is 0 Å². The predicted molar refractivity (Wildman–Crippen MR) is 99.1 cm³/mol. The third-order valence-corrected chi connectivity index (χ3v) is 5.21. The minimum absolute atomic E-state index is 0.0452. The van der Waals surface area contributed by atoms with Crippen molar-refractivity contribution < 1.29 is 19.6 Å². The number of rotatable bonds is 4. The van der Waals surface area contributed by atoms with Crippen molar-refractivity contribution in [1.82, 2.24) is 4.90 Å². The molecule has 1 fully saturated rings. The lowest BCUT2D eigenvalue weighted by molar-refractivity contribution is -0.385. The summed E-state index contributed by atoms with van der Waals surface area (Å²) < 4.78 is 0. The summed E-state index contributed by atoms with van der Waals surface area (Å²) in [6.07, 6.45) is 0. The van der Waals surface area contributed by atoms with Gasteiger partial charge in [-0.2, -0.15) is 0 Å². The number of likely N-dealkylation sites (tertiary alicyclic amines) is 1. The summed E-state index contributed by atoms with van der Waals surface area (Å²) >= 11 is 5.90. The standard InChI is InChI=1S/C19H17ClN2O5/c1-11-14(3-2-4-17(11)22(26)27)18(23)21-9-15(16(10-21)19(24)25)12-5-7-13(20)8-6-12/h2-8,15-16H,9-10H2,1H3,(H,24,25)/t15-,16+/m0/s1. The first-order valence-electron chi connectivity index (χ1n) is 8.31. The van der Waals surface area contributed by atoms with Crippen molar-refractivity contribution in [2.24, 2.45) is 5.92 Å². The molecule has 140 valence electrons. The van der Waals surface area contributed by atoms with Crippen LogP contribution in [-0.2, 0) is 4.79 Å². The Bertz CT molecular complexity index is 913. The van der Waals surface area contributed by atoms with Crippen LogP contribution in [0, 0.1) is 23.0 Å². The maximum absolute atomic E-state index is 12.9. The van der Waals surface area contributed by atoms with Gasteiger partial charge < -0.3 is 10.0 Å². The van der Waals surface area contributed by atoms with Crippen molar-refractivity contribution in [2.45, 2.75) is 12.8 Å². The van der Waals surface area contributed by atoms with Gasteiger partial charge in [0.15, 0.2) is 0 Å². The average Bonchev–Trinajstić information content (AvgIpc) is 3.07. The molecule has 0 unspecified atom stereocenters. The van der Waals surface area contributed by atoms with Gasteiger partial charge in [0, 0.05) is 41.2 Å². The Hall–Kier alpha value is -2.93. The van der Waals surface area contributed by atoms with Crippen molar-refractivity contribution in [3.63, 3.8) is 0 Å². The minimum Gasteiger partial charge on any atom is -0.481 e. The molecular formula is C19H17ClN2O5. The zero-order chi connectivity index (χ0) is 19.7. The van der Waals surface area contributed by atoms with Crippen LogP contribution in [0.25, 0.3) is 0 Å². The molecule has 1 heterocycles. The first-order chi connectivity index (χ1) is 12.8. The molecule has 0 aliphatic carbocycles. The van der Waals surface area contributed by atoms with Crippen LogP contribution >= 0.6 is 11.6 Å². The van der Waals surface area contributed by atoms with Gasteiger partial charge in [-0.05, 0) is 30.7 Å². The van der Waals surface area contributed by atoms with E-state index in [9.17, 15) is 24.8 Å². The fourth-order valence-corrected chi connectivity index (χ4v) is 3.62. The first kappa shape index (κ1) is 18.8. The zero-order valence-electron chi connectivity index (χ0n) is 14.5. The molecule has 1 aliphatic rings. The molecule has 8 heteroatoms. The minimum atomic E-state index is -0.985. The van der Waals surface area contributed by atoms with Gasteiger partial charge in [0.25, 0.3) is 11.6 Å². The summed E-state index contributed by atoms with van der Waals surface area (Å²) in [5.74, 6) is -2.52. The van der Waals surface area contributed by atoms with E-state index in [2.05, 4.69) is 0 Å². The summed E-state index contributed by atoms with van der Waals surface area (Å²) in [7, 11) is 0. The fraction of sp³-hybridized carbons (Fsp3) is 0.263. The van der Waals surface area contributed by atoms with Crippen molar-refractivity contribution in [1.29, 1.82) is 0 Å². The highest BCUT2D eigenvalue weighted by molar-refractivity contribution is 6.30. The maximum atomic E-state index is 12.9. The summed E-state index contributed by atoms with van der Waals surface area (Å²) in [5, 5.41) is 21.2. The Balaban J connectivity index is 1.91. The molecule has 2 atom stereocenters. The number of benzene rings is 2. The highest BCUT2D eigenvalue weighted by atomic mass is 35.5. The molecule has 0 spiro atoms. The van der Waals surface area contributed by atoms with Gasteiger partial charge in [0.05, 0.1) is 10.8 Å². The smallest absolute Gasteiger partial charge is 0.308 e. The topological polar surface area (TPSA) is 101 Å². The van der Waals surface area contributed by atoms with Crippen LogP contribution in [0.5, 0.6) is 0 Å². The van der Waals surface area contributed by atoms with Gasteiger partial charge in [-0.15, -0.1) is 0 Å². The number of hydrogen-bond donors (Lipinski definition) is 1. The third-order valence-electron chi connectivity index (χ3n) is 4.95. The van der Waals surface area contributed by atoms with Crippen molar-refractivity contribution in [2.75, 3.05) is 13.1 Å². The summed E-state index contributed by atoms with van der Waals surface area (Å²) in [6.45, 7) is 1.79. The molecule has 0 radical (unpaired) electrons. The van der Waals surface area contributed by atoms with E-state index in [1.165, 1.54) is 30.0 Å². The molecule has 1 N–H and O–H groups in total. The second-order valence-electron chi connectivity index (χ2n) is 6.52. The third kappa shape index (κ3) is 3.64. The van der Waals surface area contributed by atoms with Crippen LogP contribution in [0.1, 0.15) is 27.4 Å². The number of nitrogens with zero attached hydrogens (tertiary/aromatic N) is 2. The molecular weight excluding hydrogens is 372 g/mol. The van der Waals surface area contributed by atoms with Gasteiger partial charge in [-0.1, -0.05) is 29.8 Å². The van der Waals surface area contributed by atoms with E-state index < -0.39 is 22.7 Å². The Morgan fingerprint density at radius 3 is 2.44 bits per heavy atom. The number of nitro groups is 1. The van der Waals surface area contributed by atoms with E-state index in [-0.39, 0.29) is 35.8 Å². The quantitative estimate of drug-likeness (QED) is 0.638. The molecule has 3 rings (SSSR count). The number of nitro benzene ring substituents is 1. The normalized spacial score (nSPS) is 19.1. The Labute approximate surface area is 160 Å². The van der Waals surface area contributed by atoms with Gasteiger partial charge in [0.2, 0.25) is 0 Å². The molecule has 0 saturated carbocycles. The van der Waals surface area contributed by atoms with Crippen LogP contribution in [0.3, 0.4) is 0 Å². The lowest BCUT2D eigenvalue weighted by atomic mass is 9.89. The molecule has 7 nitrogen and oxygen atoms in total. The van der Waals surface area contributed by atoms with E-state index in [0.717, 1.165) is 5.56 Å². The number of hydrogen-bond acceptors (Lipinski definition) is 4. The number of carbonyl (C=O) groups is 2. The molecule has 0 bridgehead atoms. The molecule has 2 aromatic carbocycles. The summed E-state index contributed by atoms with van der Waals surface area (Å²) in [4.78, 5) is 36.7. The SMILES string of the molecule is Cc1c(C(=O)N2C[C@@H](C(=O)O)[C@H](c3ccc(Cl)cc3)C2)cccc1[N+](=O)[O-]. The van der Waals surface area contributed by atoms with Gasteiger partial charge in [-0.3, -0.25) is 19.7 Å². The summed E-state index contributed by atoms with van der Waals surface area (Å²) in [6, 6.07) is 11.2. The number of carbonyl (C=O) groups excluding carboxylic acids is 1. The lowest BCUT2D eigenvalue weighted by Crippen LogP contribution is -2.30. The highest BCUT2D eigenvalue weighted by Gasteiger charge is 2.41. The first-order valence-corrected chi connectivity index (χ1v) is 8.69. The van der Waals surface area contributed by atoms with Crippen LogP contribution in [0.15, 0.2) is 42.5 Å². The van der Waals surface area contributed by atoms with Crippen LogP contribution in [0.2, 0.25) is 5.02 Å². The van der Waals surface area contributed by atoms with Gasteiger partial charge in [0.1, 0.15) is 0 Å². The number of carboxylic acid groups (broad SMARTS) is 1. The maximum Gasteiger partial charge on any atom is 0.308 e. The van der Waals surface area contributed by atoms with E-state index in [4.69, 9.17) is 11.6 Å². The van der Waals surface area contributed by atoms with E-state index in [0.29, 0.717) is 5.02 Å². The molecule has 27 heavy (non-hydrogen) atoms. The van der Waals surface area contributed by atoms with Crippen molar-refractivity contribution in [3.8, 4) is 0 Å². The van der Waals surface area contributed by atoms with Crippen molar-refractivity contribution in [3.05, 3.63) is 74.3 Å². The Kier molecular flexibility index (Phi) is 5.14. The highest BCUT2D eigenvalue weighted by Crippen LogP contribution is 2.35. The predicted octanol–water partition coefficient (Wildman–Crippen LogP) is 3.50. The fourth-order valence-electron chi connectivity index (χ4n) is 3.49. The molecule has 1 amide bonds. The number of aliphatic carboxylic acids is 1. The van der Waals surface area contributed by atoms with Crippen LogP contribution < -0.4 is 0 Å². The average molecular weight is 389 g/mol. The molecule has 0 aromatic heterocycles. The molecule has 2 aromatic rings. The van der Waals surface area contributed by atoms with E-state index in [1.54, 1.807) is 24.3 Å².